The lowest BCUT2D eigenvalue weighted by atomic mass is 10.00. The van der Waals surface area contributed by atoms with Crippen molar-refractivity contribution < 1.29 is 22.8 Å². The minimum atomic E-state index is -5.03. The Morgan fingerprint density at radius 1 is 1.11 bits per heavy atom. The molecule has 0 unspecified atom stereocenters. The molecule has 2 heterocycles. The Morgan fingerprint density at radius 3 is 2.46 bits per heavy atom. The first kappa shape index (κ1) is 22.6. The molecule has 0 spiro atoms. The molecule has 2 aromatic heterocycles. The number of rotatable bonds is 6. The molecule has 3 N–H and O–H groups in total. The van der Waals surface area contributed by atoms with Crippen molar-refractivity contribution >= 4 is 22.7 Å². The molecule has 2 amide bonds. The maximum Gasteiger partial charge on any atom is 0.471 e. The van der Waals surface area contributed by atoms with Crippen LogP contribution in [0.4, 0.5) is 13.2 Å². The van der Waals surface area contributed by atoms with Crippen LogP contribution in [0.5, 0.6) is 0 Å². The van der Waals surface area contributed by atoms with E-state index in [9.17, 15) is 22.8 Å². The molecule has 0 radical (unpaired) electrons. The Kier molecular flexibility index (Phi) is 5.30. The fourth-order valence-electron chi connectivity index (χ4n) is 3.96. The third-order valence-electron chi connectivity index (χ3n) is 5.93. The third-order valence-corrected chi connectivity index (χ3v) is 5.93. The first-order chi connectivity index (χ1) is 16.7. The predicted molar refractivity (Wildman–Crippen MR) is 120 cm³/mol. The number of nitrogens with one attached hydrogen (secondary N) is 3. The topological polar surface area (TPSA) is 118 Å². The fraction of sp³-hybridized carbons (Fsp3) is 0.261. The predicted octanol–water partition coefficient (Wildman–Crippen LogP) is 2.85. The van der Waals surface area contributed by atoms with Gasteiger partial charge in [0.1, 0.15) is 5.54 Å². The number of carbonyl (C=O) groups is 2. The van der Waals surface area contributed by atoms with Crippen molar-refractivity contribution in [3.8, 4) is 22.6 Å². The van der Waals surface area contributed by atoms with Crippen LogP contribution in [0.1, 0.15) is 18.4 Å². The van der Waals surface area contributed by atoms with Gasteiger partial charge < -0.3 is 15.6 Å². The van der Waals surface area contributed by atoms with Crippen LogP contribution in [-0.2, 0) is 23.2 Å². The zero-order valence-electron chi connectivity index (χ0n) is 18.5. The highest BCUT2D eigenvalue weighted by atomic mass is 19.4. The van der Waals surface area contributed by atoms with Crippen molar-refractivity contribution in [2.45, 2.75) is 31.1 Å². The van der Waals surface area contributed by atoms with Crippen molar-refractivity contribution in [3.05, 3.63) is 54.1 Å². The van der Waals surface area contributed by atoms with E-state index in [1.807, 2.05) is 53.8 Å². The molecule has 0 bridgehead atoms. The average Bonchev–Trinajstić information content (AvgIpc) is 3.31. The quantitative estimate of drug-likeness (QED) is 0.390. The Bertz CT molecular complexity index is 1420. The summed E-state index contributed by atoms with van der Waals surface area (Å²) in [5.41, 5.74) is 2.68. The minimum absolute atomic E-state index is 0.106. The van der Waals surface area contributed by atoms with Crippen LogP contribution in [0.25, 0.3) is 33.5 Å². The lowest BCUT2D eigenvalue weighted by Gasteiger charge is -2.18. The number of aryl methyl sites for hydroxylation is 1. The van der Waals surface area contributed by atoms with Crippen molar-refractivity contribution in [3.63, 3.8) is 0 Å². The van der Waals surface area contributed by atoms with Crippen molar-refractivity contribution in [2.75, 3.05) is 0 Å². The van der Waals surface area contributed by atoms with Crippen molar-refractivity contribution in [1.82, 2.24) is 35.8 Å². The van der Waals surface area contributed by atoms with Gasteiger partial charge in [-0.1, -0.05) is 42.5 Å². The number of fused-ring (bicyclic) bond motifs is 1. The molecule has 12 heteroatoms. The first-order valence-corrected chi connectivity index (χ1v) is 10.8. The Hall–Kier alpha value is -4.22. The number of alkyl halides is 3. The van der Waals surface area contributed by atoms with Gasteiger partial charge in [0.25, 0.3) is 0 Å². The summed E-state index contributed by atoms with van der Waals surface area (Å²) in [5.74, 6) is -2.29. The number of H-pyrrole nitrogens is 1. The summed E-state index contributed by atoms with van der Waals surface area (Å²) >= 11 is 0. The second kappa shape index (κ2) is 8.22. The molecule has 180 valence electrons. The van der Waals surface area contributed by atoms with Crippen molar-refractivity contribution in [2.24, 2.45) is 7.05 Å². The summed E-state index contributed by atoms with van der Waals surface area (Å²) in [5, 5.41) is 17.8. The average molecular weight is 483 g/mol. The monoisotopic (exact) mass is 483 g/mol. The van der Waals surface area contributed by atoms with Crippen LogP contribution in [0.15, 0.2) is 48.5 Å². The van der Waals surface area contributed by atoms with E-state index in [2.05, 4.69) is 25.7 Å². The Balaban J connectivity index is 1.34. The second-order valence-electron chi connectivity index (χ2n) is 8.44. The lowest BCUT2D eigenvalue weighted by molar-refractivity contribution is -0.175. The molecular formula is C23H20F3N7O2. The van der Waals surface area contributed by atoms with Gasteiger partial charge in [0.05, 0.1) is 12.7 Å². The van der Waals surface area contributed by atoms with Gasteiger partial charge in [-0.2, -0.15) is 18.0 Å². The maximum atomic E-state index is 12.6. The Labute approximate surface area is 196 Å². The van der Waals surface area contributed by atoms with Gasteiger partial charge in [-0.3, -0.25) is 9.59 Å². The number of aromatic nitrogens is 5. The largest absolute Gasteiger partial charge is 0.471 e. The van der Waals surface area contributed by atoms with E-state index in [1.54, 1.807) is 7.05 Å². The number of carbonyl (C=O) groups excluding carboxylic acids is 2. The fourth-order valence-corrected chi connectivity index (χ4v) is 3.96. The van der Waals surface area contributed by atoms with E-state index in [0.717, 1.165) is 33.3 Å². The molecule has 1 fully saturated rings. The van der Waals surface area contributed by atoms with E-state index in [1.165, 1.54) is 4.80 Å². The van der Waals surface area contributed by atoms with E-state index in [-0.39, 0.29) is 19.4 Å². The normalized spacial score (nSPS) is 14.6. The molecule has 0 aliphatic heterocycles. The summed E-state index contributed by atoms with van der Waals surface area (Å²) in [7, 11) is 1.68. The van der Waals surface area contributed by atoms with Crippen molar-refractivity contribution in [1.29, 1.82) is 0 Å². The molecule has 1 aliphatic rings. The molecule has 1 saturated carbocycles. The highest BCUT2D eigenvalue weighted by Gasteiger charge is 2.54. The number of aromatic amines is 1. The highest BCUT2D eigenvalue weighted by molar-refractivity contribution is 6.03. The maximum absolute atomic E-state index is 12.6. The number of nitrogens with zero attached hydrogens (tertiary/aromatic N) is 4. The third kappa shape index (κ3) is 4.34. The summed E-state index contributed by atoms with van der Waals surface area (Å²) in [4.78, 5) is 28.4. The molecule has 5 rings (SSSR count). The smallest absolute Gasteiger partial charge is 0.351 e. The number of halogens is 3. The molecule has 9 nitrogen and oxygen atoms in total. The SMILES string of the molecule is Cn1nnc(-c2[nH]c3ccccc3c2-c2ccc(CNC(=O)C3(NC(=O)C(F)(F)F)CC3)cc2)n1. The number of amides is 2. The van der Waals surface area contributed by atoms with Gasteiger partial charge in [0.15, 0.2) is 0 Å². The van der Waals surface area contributed by atoms with Gasteiger partial charge in [0, 0.05) is 23.0 Å². The van der Waals surface area contributed by atoms with Gasteiger partial charge in [-0.25, -0.2) is 0 Å². The van der Waals surface area contributed by atoms with E-state index in [0.29, 0.717) is 5.82 Å². The number of hydrogen-bond donors (Lipinski definition) is 3. The molecular weight excluding hydrogens is 463 g/mol. The summed E-state index contributed by atoms with van der Waals surface area (Å²) in [6.45, 7) is 0.106. The van der Waals surface area contributed by atoms with E-state index < -0.39 is 23.5 Å². The molecule has 2 aromatic carbocycles. The van der Waals surface area contributed by atoms with Crippen LogP contribution < -0.4 is 10.6 Å². The number of hydrogen-bond acceptors (Lipinski definition) is 5. The van der Waals surface area contributed by atoms with Crippen LogP contribution in [0.3, 0.4) is 0 Å². The number of tetrazole rings is 1. The lowest BCUT2D eigenvalue weighted by Crippen LogP contribution is -2.52. The van der Waals surface area contributed by atoms with Crippen LogP contribution in [0, 0.1) is 0 Å². The standard InChI is InChI=1S/C23H20F3N7O2/c1-33-31-19(30-32-33)18-17(15-4-2-3-5-16(15)28-18)14-8-6-13(7-9-14)12-27-20(34)22(10-11-22)29-21(35)23(24,25)26/h2-9,28H,10-12H2,1H3,(H,27,34)(H,29,35). The molecule has 1 aliphatic carbocycles. The van der Waals surface area contributed by atoms with Gasteiger partial charge in [-0.05, 0) is 35.2 Å². The number of para-hydroxylation sites is 1. The summed E-state index contributed by atoms with van der Waals surface area (Å²) in [6.07, 6.45) is -4.70. The Morgan fingerprint density at radius 2 is 1.83 bits per heavy atom. The second-order valence-corrected chi connectivity index (χ2v) is 8.44. The zero-order chi connectivity index (χ0) is 24.8. The van der Waals surface area contributed by atoms with Gasteiger partial charge >= 0.3 is 12.1 Å². The molecule has 4 aromatic rings. The molecule has 0 saturated heterocycles. The summed E-state index contributed by atoms with van der Waals surface area (Å²) < 4.78 is 37.7. The first-order valence-electron chi connectivity index (χ1n) is 10.8. The molecule has 35 heavy (non-hydrogen) atoms. The van der Waals surface area contributed by atoms with Gasteiger partial charge in [-0.15, -0.1) is 10.2 Å². The highest BCUT2D eigenvalue weighted by Crippen LogP contribution is 2.38. The molecule has 0 atom stereocenters. The number of benzene rings is 2. The zero-order valence-corrected chi connectivity index (χ0v) is 18.5. The van der Waals surface area contributed by atoms with Crippen LogP contribution >= 0.6 is 0 Å². The van der Waals surface area contributed by atoms with Crippen LogP contribution in [0.2, 0.25) is 0 Å². The van der Waals surface area contributed by atoms with Crippen LogP contribution in [-0.4, -0.2) is 48.7 Å². The summed E-state index contributed by atoms with van der Waals surface area (Å²) in [6, 6.07) is 15.2. The minimum Gasteiger partial charge on any atom is -0.351 e. The van der Waals surface area contributed by atoms with E-state index in [4.69, 9.17) is 0 Å². The van der Waals surface area contributed by atoms with Gasteiger partial charge in [0.2, 0.25) is 11.7 Å². The van der Waals surface area contributed by atoms with E-state index >= 15 is 0 Å².